The van der Waals surface area contributed by atoms with E-state index in [9.17, 15) is 9.59 Å². The van der Waals surface area contributed by atoms with Crippen molar-refractivity contribution in [3.8, 4) is 0 Å². The third-order valence-electron chi connectivity index (χ3n) is 1.63. The minimum atomic E-state index is -0.634. The lowest BCUT2D eigenvalue weighted by Gasteiger charge is -2.17. The van der Waals surface area contributed by atoms with Crippen LogP contribution in [0, 0.1) is 0 Å². The van der Waals surface area contributed by atoms with Crippen LogP contribution in [0.4, 0.5) is 9.59 Å². The third kappa shape index (κ3) is 3.88. The molecule has 0 unspecified atom stereocenters. The molecular weight excluding hydrogens is 246 g/mol. The van der Waals surface area contributed by atoms with E-state index in [0.717, 1.165) is 5.01 Å². The van der Waals surface area contributed by atoms with E-state index in [1.54, 1.807) is 28.2 Å². The molecule has 0 bridgehead atoms. The van der Waals surface area contributed by atoms with Gasteiger partial charge < -0.3 is 9.74 Å². The number of rotatable bonds is 1. The van der Waals surface area contributed by atoms with E-state index in [-0.39, 0.29) is 5.17 Å². The first-order chi connectivity index (χ1) is 7.91. The standard InChI is InChI=1S/C8H15N5O3S/c1-11(2)6(14)10-7-13(9-5-17-7)8(15)16-12(3)4/h9H,5H2,1-4H3. The number of carbonyl (C=O) groups excluding carboxylic acids is 2. The van der Waals surface area contributed by atoms with Gasteiger partial charge in [-0.05, 0) is 0 Å². The van der Waals surface area contributed by atoms with Gasteiger partial charge in [-0.1, -0.05) is 11.8 Å². The summed E-state index contributed by atoms with van der Waals surface area (Å²) in [5, 5.41) is 2.64. The minimum Gasteiger partial charge on any atom is -0.350 e. The van der Waals surface area contributed by atoms with Crippen LogP contribution in [0.2, 0.25) is 0 Å². The summed E-state index contributed by atoms with van der Waals surface area (Å²) in [6.07, 6.45) is -0.634. The maximum atomic E-state index is 11.6. The second-order valence-corrected chi connectivity index (χ2v) is 4.47. The Morgan fingerprint density at radius 3 is 2.59 bits per heavy atom. The van der Waals surface area contributed by atoms with Crippen LogP contribution >= 0.6 is 11.8 Å². The Morgan fingerprint density at radius 1 is 1.41 bits per heavy atom. The summed E-state index contributed by atoms with van der Waals surface area (Å²) in [7, 11) is 6.34. The number of hydroxylamine groups is 2. The molecule has 1 aliphatic heterocycles. The topological polar surface area (TPSA) is 77.5 Å². The zero-order valence-corrected chi connectivity index (χ0v) is 10.9. The highest BCUT2D eigenvalue weighted by molar-refractivity contribution is 8.14. The Kier molecular flexibility index (Phi) is 4.73. The lowest BCUT2D eigenvalue weighted by molar-refractivity contribution is -0.0675. The van der Waals surface area contributed by atoms with Crippen LogP contribution in [-0.2, 0) is 4.84 Å². The summed E-state index contributed by atoms with van der Waals surface area (Å²) in [6.45, 7) is 0. The number of thioether (sulfide) groups is 1. The van der Waals surface area contributed by atoms with Crippen molar-refractivity contribution in [3.63, 3.8) is 0 Å². The Hall–Kier alpha value is -1.32. The fourth-order valence-electron chi connectivity index (χ4n) is 0.897. The second-order valence-electron chi connectivity index (χ2n) is 3.52. The van der Waals surface area contributed by atoms with Gasteiger partial charge in [-0.15, -0.1) is 5.06 Å². The predicted molar refractivity (Wildman–Crippen MR) is 64.1 cm³/mol. The van der Waals surface area contributed by atoms with E-state index in [1.807, 2.05) is 0 Å². The molecule has 0 radical (unpaired) electrons. The summed E-state index contributed by atoms with van der Waals surface area (Å²) < 4.78 is 0. The molecule has 17 heavy (non-hydrogen) atoms. The number of carbonyl (C=O) groups is 2. The monoisotopic (exact) mass is 261 g/mol. The first kappa shape index (κ1) is 13.7. The number of urea groups is 1. The van der Waals surface area contributed by atoms with Crippen LogP contribution in [0.5, 0.6) is 0 Å². The van der Waals surface area contributed by atoms with Crippen molar-refractivity contribution in [1.29, 1.82) is 0 Å². The van der Waals surface area contributed by atoms with Crippen LogP contribution in [-0.4, -0.2) is 66.3 Å². The van der Waals surface area contributed by atoms with Gasteiger partial charge in [-0.3, -0.25) is 0 Å². The van der Waals surface area contributed by atoms with E-state index < -0.39 is 12.1 Å². The maximum absolute atomic E-state index is 11.6. The Labute approximate surface area is 103 Å². The van der Waals surface area contributed by atoms with Gasteiger partial charge in [0.25, 0.3) is 0 Å². The highest BCUT2D eigenvalue weighted by Crippen LogP contribution is 2.15. The van der Waals surface area contributed by atoms with Gasteiger partial charge in [0.1, 0.15) is 0 Å². The molecule has 0 aliphatic carbocycles. The minimum absolute atomic E-state index is 0.274. The van der Waals surface area contributed by atoms with Crippen molar-refractivity contribution >= 4 is 29.1 Å². The number of aliphatic imine (C=N–C) groups is 1. The summed E-state index contributed by atoms with van der Waals surface area (Å²) in [6, 6.07) is -0.432. The summed E-state index contributed by atoms with van der Waals surface area (Å²) in [5.41, 5.74) is 2.75. The average molecular weight is 261 g/mol. The summed E-state index contributed by atoms with van der Waals surface area (Å²) in [5.74, 6) is 0.460. The molecule has 1 fully saturated rings. The first-order valence-electron chi connectivity index (χ1n) is 4.77. The van der Waals surface area contributed by atoms with E-state index >= 15 is 0 Å². The SMILES string of the molecule is CN(C)OC(=O)N1NCSC1=NC(=O)N(C)C. The molecule has 9 heteroatoms. The average Bonchev–Trinajstić information content (AvgIpc) is 2.64. The van der Waals surface area contributed by atoms with E-state index in [1.165, 1.54) is 21.7 Å². The lowest BCUT2D eigenvalue weighted by Crippen LogP contribution is -2.42. The molecule has 1 saturated heterocycles. The van der Waals surface area contributed by atoms with Gasteiger partial charge >= 0.3 is 12.1 Å². The zero-order valence-electron chi connectivity index (χ0n) is 10.1. The molecule has 1 N–H and O–H groups in total. The predicted octanol–water partition coefficient (Wildman–Crippen LogP) is 0.148. The first-order valence-corrected chi connectivity index (χ1v) is 5.76. The van der Waals surface area contributed by atoms with Gasteiger partial charge in [-0.25, -0.2) is 15.0 Å². The Balaban J connectivity index is 2.73. The number of nitrogens with zero attached hydrogens (tertiary/aromatic N) is 4. The molecule has 1 heterocycles. The van der Waals surface area contributed by atoms with Crippen molar-refractivity contribution in [2.24, 2.45) is 4.99 Å². The molecular formula is C8H15N5O3S. The van der Waals surface area contributed by atoms with Crippen LogP contribution in [0.25, 0.3) is 0 Å². The van der Waals surface area contributed by atoms with Gasteiger partial charge in [0, 0.05) is 28.2 Å². The van der Waals surface area contributed by atoms with Crippen molar-refractivity contribution in [1.82, 2.24) is 20.4 Å². The Bertz CT molecular complexity index is 344. The quantitative estimate of drug-likeness (QED) is 0.677. The second kappa shape index (κ2) is 5.84. The number of amides is 3. The molecule has 0 aromatic heterocycles. The van der Waals surface area contributed by atoms with Gasteiger partial charge in [-0.2, -0.15) is 10.0 Å². The number of hydrazine groups is 1. The molecule has 96 valence electrons. The molecule has 1 aliphatic rings. The van der Waals surface area contributed by atoms with Gasteiger partial charge in [0.15, 0.2) is 5.17 Å². The van der Waals surface area contributed by atoms with Gasteiger partial charge in [0.05, 0.1) is 5.88 Å². The molecule has 0 spiro atoms. The summed E-state index contributed by atoms with van der Waals surface area (Å²) in [4.78, 5) is 33.0. The number of hydrogen-bond donors (Lipinski definition) is 1. The van der Waals surface area contributed by atoms with E-state index in [4.69, 9.17) is 4.84 Å². The molecule has 8 nitrogen and oxygen atoms in total. The van der Waals surface area contributed by atoms with Crippen LogP contribution in [0.3, 0.4) is 0 Å². The Morgan fingerprint density at radius 2 is 2.06 bits per heavy atom. The molecule has 0 aromatic carbocycles. The number of amidine groups is 1. The normalized spacial score (nSPS) is 17.7. The van der Waals surface area contributed by atoms with Crippen LogP contribution in [0.1, 0.15) is 0 Å². The summed E-state index contributed by atoms with van der Waals surface area (Å²) >= 11 is 1.25. The molecule has 1 rings (SSSR count). The smallest absolute Gasteiger partial charge is 0.350 e. The third-order valence-corrected chi connectivity index (χ3v) is 2.44. The molecule has 0 aromatic rings. The lowest BCUT2D eigenvalue weighted by atomic mass is 10.8. The van der Waals surface area contributed by atoms with Crippen molar-refractivity contribution < 1.29 is 14.4 Å². The highest BCUT2D eigenvalue weighted by Gasteiger charge is 2.28. The van der Waals surface area contributed by atoms with Gasteiger partial charge in [0.2, 0.25) is 0 Å². The number of hydrogen-bond acceptors (Lipinski definition) is 6. The largest absolute Gasteiger partial charge is 0.450 e. The number of nitrogens with one attached hydrogen (secondary N) is 1. The van der Waals surface area contributed by atoms with Crippen LogP contribution in [0.15, 0.2) is 4.99 Å². The van der Waals surface area contributed by atoms with Crippen molar-refractivity contribution in [2.45, 2.75) is 0 Å². The van der Waals surface area contributed by atoms with Crippen molar-refractivity contribution in [3.05, 3.63) is 0 Å². The van der Waals surface area contributed by atoms with E-state index in [0.29, 0.717) is 5.88 Å². The fourth-order valence-corrected chi connectivity index (χ4v) is 1.63. The maximum Gasteiger partial charge on any atom is 0.450 e. The van der Waals surface area contributed by atoms with Crippen LogP contribution < -0.4 is 5.43 Å². The highest BCUT2D eigenvalue weighted by atomic mass is 32.2. The van der Waals surface area contributed by atoms with Crippen molar-refractivity contribution in [2.75, 3.05) is 34.1 Å². The van der Waals surface area contributed by atoms with E-state index in [2.05, 4.69) is 10.4 Å². The molecule has 0 saturated carbocycles. The fraction of sp³-hybridized carbons (Fsp3) is 0.625. The molecule has 3 amide bonds. The zero-order chi connectivity index (χ0) is 13.0. The molecule has 0 atom stereocenters.